The highest BCUT2D eigenvalue weighted by molar-refractivity contribution is 5.83. The van der Waals surface area contributed by atoms with Gasteiger partial charge in [0.2, 0.25) is 0 Å². The summed E-state index contributed by atoms with van der Waals surface area (Å²) in [4.78, 5) is 4.09. The molecule has 0 atom stereocenters. The van der Waals surface area contributed by atoms with Crippen molar-refractivity contribution in [1.82, 2.24) is 4.98 Å². The molecule has 0 saturated heterocycles. The number of aryl methyl sites for hydroxylation is 1. The van der Waals surface area contributed by atoms with Crippen LogP contribution in [-0.4, -0.2) is 4.98 Å². The van der Waals surface area contributed by atoms with Crippen molar-refractivity contribution in [3.8, 4) is 0 Å². The molecule has 2 heteroatoms. The van der Waals surface area contributed by atoms with Gasteiger partial charge in [0, 0.05) is 23.3 Å². The maximum absolute atomic E-state index is 12.7. The number of hydrogen-bond donors (Lipinski definition) is 0. The average molecular weight is 160 g/mol. The lowest BCUT2D eigenvalue weighted by molar-refractivity contribution is 0.627. The number of aromatic nitrogens is 1. The van der Waals surface area contributed by atoms with Gasteiger partial charge in [0.1, 0.15) is 5.82 Å². The van der Waals surface area contributed by atoms with E-state index in [9.17, 15) is 4.39 Å². The fourth-order valence-electron chi connectivity index (χ4n) is 1.22. The zero-order chi connectivity index (χ0) is 8.55. The summed E-state index contributed by atoms with van der Waals surface area (Å²) in [6, 6.07) is 7.50. The summed E-state index contributed by atoms with van der Waals surface area (Å²) in [7, 11) is 0. The number of nitrogens with zero attached hydrogens (tertiary/aromatic N) is 1. The van der Waals surface area contributed by atoms with E-state index in [4.69, 9.17) is 0 Å². The third kappa shape index (κ3) is 1.05. The predicted molar refractivity (Wildman–Crippen MR) is 45.3 cm³/mol. The van der Waals surface area contributed by atoms with Gasteiger partial charge in [-0.3, -0.25) is 4.98 Å². The summed E-state index contributed by atoms with van der Waals surface area (Å²) in [6.45, 7) is 1.90. The molecule has 0 N–H and O–H groups in total. The number of rotatable bonds is 0. The van der Waals surface area contributed by atoms with Crippen LogP contribution in [0.15, 0.2) is 24.4 Å². The lowest BCUT2D eigenvalue weighted by atomic mass is 10.1. The molecule has 1 aromatic carbocycles. The Kier molecular flexibility index (Phi) is 1.54. The number of pyridine rings is 1. The normalized spacial score (nSPS) is 10.5. The van der Waals surface area contributed by atoms with E-state index >= 15 is 0 Å². The molecule has 2 rings (SSSR count). The standard InChI is InChI=1S/C10H7FN/c1-7-10-3-2-9(11)6-8(10)4-5-12-7/h2-5H,1H3. The number of fused-ring (bicyclic) bond motifs is 1. The van der Waals surface area contributed by atoms with E-state index in [0.717, 1.165) is 16.5 Å². The Balaban J connectivity index is 2.86. The summed E-state index contributed by atoms with van der Waals surface area (Å²) in [5.41, 5.74) is 0.906. The Morgan fingerprint density at radius 3 is 3.00 bits per heavy atom. The average Bonchev–Trinajstić information content (AvgIpc) is 2.04. The summed E-state index contributed by atoms with van der Waals surface area (Å²) < 4.78 is 12.7. The molecule has 59 valence electrons. The van der Waals surface area contributed by atoms with Crippen molar-refractivity contribution in [3.05, 3.63) is 42.0 Å². The second-order valence-corrected chi connectivity index (χ2v) is 2.66. The van der Waals surface area contributed by atoms with E-state index in [1.165, 1.54) is 6.07 Å². The lowest BCUT2D eigenvalue weighted by Gasteiger charge is -1.98. The van der Waals surface area contributed by atoms with Crippen LogP contribution >= 0.6 is 0 Å². The Morgan fingerprint density at radius 1 is 1.33 bits per heavy atom. The van der Waals surface area contributed by atoms with Crippen LogP contribution in [0.5, 0.6) is 0 Å². The molecule has 0 amide bonds. The number of benzene rings is 1. The Bertz CT molecular complexity index is 423. The third-order valence-electron chi connectivity index (χ3n) is 1.84. The highest BCUT2D eigenvalue weighted by Gasteiger charge is 1.98. The first-order valence-electron chi connectivity index (χ1n) is 3.70. The van der Waals surface area contributed by atoms with Crippen molar-refractivity contribution in [2.45, 2.75) is 6.92 Å². The van der Waals surface area contributed by atoms with Gasteiger partial charge >= 0.3 is 0 Å². The van der Waals surface area contributed by atoms with E-state index in [-0.39, 0.29) is 5.82 Å². The first kappa shape index (κ1) is 7.22. The molecule has 0 fully saturated rings. The monoisotopic (exact) mass is 160 g/mol. The summed E-state index contributed by atoms with van der Waals surface area (Å²) >= 11 is 0. The number of hydrogen-bond acceptors (Lipinski definition) is 1. The van der Waals surface area contributed by atoms with Crippen molar-refractivity contribution in [1.29, 1.82) is 0 Å². The lowest BCUT2D eigenvalue weighted by Crippen LogP contribution is -1.83. The minimum Gasteiger partial charge on any atom is -0.261 e. The van der Waals surface area contributed by atoms with Gasteiger partial charge in [-0.2, -0.15) is 0 Å². The first-order chi connectivity index (χ1) is 5.77. The van der Waals surface area contributed by atoms with E-state index in [1.807, 2.05) is 6.92 Å². The van der Waals surface area contributed by atoms with Crippen molar-refractivity contribution >= 4 is 10.8 Å². The molecule has 0 unspecified atom stereocenters. The summed E-state index contributed by atoms with van der Waals surface area (Å²) in [6.07, 6.45) is 1.66. The minimum atomic E-state index is -0.326. The fraction of sp³-hybridized carbons (Fsp3) is 0.100. The molecule has 0 saturated carbocycles. The van der Waals surface area contributed by atoms with Crippen LogP contribution in [0, 0.1) is 18.8 Å². The molecule has 0 aliphatic heterocycles. The molecule has 1 heterocycles. The molecule has 12 heavy (non-hydrogen) atoms. The number of halogens is 1. The topological polar surface area (TPSA) is 12.9 Å². The second-order valence-electron chi connectivity index (χ2n) is 2.66. The maximum Gasteiger partial charge on any atom is 0.131 e. The van der Waals surface area contributed by atoms with Crippen molar-refractivity contribution in [2.24, 2.45) is 0 Å². The van der Waals surface area contributed by atoms with Gasteiger partial charge in [-0.1, -0.05) is 0 Å². The van der Waals surface area contributed by atoms with Gasteiger partial charge in [-0.05, 0) is 30.5 Å². The van der Waals surface area contributed by atoms with Crippen molar-refractivity contribution in [3.63, 3.8) is 0 Å². The zero-order valence-electron chi connectivity index (χ0n) is 6.63. The van der Waals surface area contributed by atoms with Crippen LogP contribution in [0.4, 0.5) is 4.39 Å². The molecule has 1 aromatic heterocycles. The largest absolute Gasteiger partial charge is 0.261 e. The van der Waals surface area contributed by atoms with E-state index < -0.39 is 0 Å². The van der Waals surface area contributed by atoms with E-state index in [1.54, 1.807) is 18.3 Å². The van der Waals surface area contributed by atoms with Gasteiger partial charge in [0.15, 0.2) is 0 Å². The predicted octanol–water partition coefficient (Wildman–Crippen LogP) is 2.48. The van der Waals surface area contributed by atoms with Crippen molar-refractivity contribution < 1.29 is 4.39 Å². The maximum atomic E-state index is 12.7. The molecule has 0 bridgehead atoms. The minimum absolute atomic E-state index is 0.326. The molecule has 1 nitrogen and oxygen atoms in total. The highest BCUT2D eigenvalue weighted by Crippen LogP contribution is 2.16. The van der Waals surface area contributed by atoms with E-state index in [2.05, 4.69) is 11.1 Å². The second kappa shape index (κ2) is 2.55. The molecule has 0 spiro atoms. The van der Waals surface area contributed by atoms with Crippen LogP contribution in [0.2, 0.25) is 0 Å². The van der Waals surface area contributed by atoms with Crippen LogP contribution < -0.4 is 0 Å². The molecule has 2 aromatic rings. The third-order valence-corrected chi connectivity index (χ3v) is 1.84. The Morgan fingerprint density at radius 2 is 2.17 bits per heavy atom. The van der Waals surface area contributed by atoms with Gasteiger partial charge in [-0.25, -0.2) is 4.39 Å². The van der Waals surface area contributed by atoms with Crippen LogP contribution in [0.3, 0.4) is 0 Å². The van der Waals surface area contributed by atoms with Crippen molar-refractivity contribution in [2.75, 3.05) is 0 Å². The summed E-state index contributed by atoms with van der Waals surface area (Å²) in [5.74, 6) is -0.326. The smallest absolute Gasteiger partial charge is 0.131 e. The zero-order valence-corrected chi connectivity index (χ0v) is 6.63. The first-order valence-corrected chi connectivity index (χ1v) is 3.70. The quantitative estimate of drug-likeness (QED) is 0.577. The van der Waals surface area contributed by atoms with E-state index in [0.29, 0.717) is 0 Å². The molecule has 1 radical (unpaired) electrons. The molecular formula is C10H7FN. The van der Waals surface area contributed by atoms with Crippen LogP contribution in [-0.2, 0) is 0 Å². The van der Waals surface area contributed by atoms with Gasteiger partial charge in [-0.15, -0.1) is 0 Å². The SMILES string of the molecule is Cc1nccc2[c]c(F)ccc12. The Labute approximate surface area is 69.9 Å². The van der Waals surface area contributed by atoms with Gasteiger partial charge < -0.3 is 0 Å². The Hall–Kier alpha value is -1.44. The van der Waals surface area contributed by atoms with Gasteiger partial charge in [0.05, 0.1) is 0 Å². The molecular weight excluding hydrogens is 153 g/mol. The molecule has 0 aliphatic rings. The molecule has 0 aliphatic carbocycles. The summed E-state index contributed by atoms with van der Waals surface area (Å²) in [5, 5.41) is 1.74. The van der Waals surface area contributed by atoms with Crippen LogP contribution in [0.1, 0.15) is 5.69 Å². The highest BCUT2D eigenvalue weighted by atomic mass is 19.1. The van der Waals surface area contributed by atoms with Crippen LogP contribution in [0.25, 0.3) is 10.8 Å². The van der Waals surface area contributed by atoms with Gasteiger partial charge in [0.25, 0.3) is 0 Å². The fourth-order valence-corrected chi connectivity index (χ4v) is 1.22.